The standard InChI is InChI=1S/C15H17N3O/c16-11-6-5-10(7-11)15-17-14(18-19-15)13-8-9-3-1-2-4-12(9)13/h1-4,10-11,13H,5-8,16H2. The van der Waals surface area contributed by atoms with Crippen molar-refractivity contribution in [1.82, 2.24) is 10.1 Å². The van der Waals surface area contributed by atoms with E-state index in [9.17, 15) is 0 Å². The van der Waals surface area contributed by atoms with Crippen molar-refractivity contribution >= 4 is 0 Å². The monoisotopic (exact) mass is 255 g/mol. The van der Waals surface area contributed by atoms with Crippen molar-refractivity contribution in [2.24, 2.45) is 5.73 Å². The lowest BCUT2D eigenvalue weighted by atomic mass is 9.77. The van der Waals surface area contributed by atoms with E-state index < -0.39 is 0 Å². The van der Waals surface area contributed by atoms with Gasteiger partial charge in [0, 0.05) is 12.0 Å². The molecule has 1 fully saturated rings. The average Bonchev–Trinajstić information content (AvgIpc) is 3.00. The highest BCUT2D eigenvalue weighted by atomic mass is 16.5. The van der Waals surface area contributed by atoms with Crippen LogP contribution < -0.4 is 5.73 Å². The van der Waals surface area contributed by atoms with Gasteiger partial charge in [-0.25, -0.2) is 0 Å². The molecule has 0 saturated heterocycles. The highest BCUT2D eigenvalue weighted by Gasteiger charge is 2.33. The first kappa shape index (κ1) is 11.2. The van der Waals surface area contributed by atoms with Crippen LogP contribution in [0.2, 0.25) is 0 Å². The predicted molar refractivity (Wildman–Crippen MR) is 70.9 cm³/mol. The number of hydrogen-bond donors (Lipinski definition) is 1. The summed E-state index contributed by atoms with van der Waals surface area (Å²) < 4.78 is 5.45. The first-order valence-corrected chi connectivity index (χ1v) is 6.98. The second-order valence-electron chi connectivity index (χ2n) is 5.72. The Hall–Kier alpha value is -1.68. The van der Waals surface area contributed by atoms with Gasteiger partial charge in [0.1, 0.15) is 0 Å². The third-order valence-electron chi connectivity index (χ3n) is 4.45. The Morgan fingerprint density at radius 3 is 2.89 bits per heavy atom. The van der Waals surface area contributed by atoms with E-state index in [0.29, 0.717) is 17.9 Å². The smallest absolute Gasteiger partial charge is 0.229 e. The van der Waals surface area contributed by atoms with Crippen molar-refractivity contribution < 1.29 is 4.52 Å². The molecule has 1 aromatic heterocycles. The highest BCUT2D eigenvalue weighted by Crippen LogP contribution is 2.40. The Morgan fingerprint density at radius 2 is 2.11 bits per heavy atom. The molecular formula is C15H17N3O. The fourth-order valence-electron chi connectivity index (χ4n) is 3.28. The molecule has 19 heavy (non-hydrogen) atoms. The fourth-order valence-corrected chi connectivity index (χ4v) is 3.28. The molecule has 0 radical (unpaired) electrons. The second-order valence-corrected chi connectivity index (χ2v) is 5.72. The first-order valence-electron chi connectivity index (χ1n) is 6.98. The van der Waals surface area contributed by atoms with Gasteiger partial charge in [0.25, 0.3) is 0 Å². The van der Waals surface area contributed by atoms with Crippen molar-refractivity contribution in [3.63, 3.8) is 0 Å². The zero-order valence-corrected chi connectivity index (χ0v) is 10.7. The van der Waals surface area contributed by atoms with Gasteiger partial charge in [0.15, 0.2) is 5.82 Å². The lowest BCUT2D eigenvalue weighted by Gasteiger charge is -2.27. The summed E-state index contributed by atoms with van der Waals surface area (Å²) in [5.41, 5.74) is 8.69. The van der Waals surface area contributed by atoms with E-state index in [1.807, 2.05) is 0 Å². The summed E-state index contributed by atoms with van der Waals surface area (Å²) in [5, 5.41) is 4.18. The molecule has 1 aromatic carbocycles. The van der Waals surface area contributed by atoms with Gasteiger partial charge in [-0.2, -0.15) is 4.98 Å². The van der Waals surface area contributed by atoms with Crippen LogP contribution in [0.4, 0.5) is 0 Å². The molecule has 3 atom stereocenters. The molecule has 2 aliphatic carbocycles. The van der Waals surface area contributed by atoms with Crippen LogP contribution in [0.25, 0.3) is 0 Å². The van der Waals surface area contributed by atoms with E-state index in [1.165, 1.54) is 11.1 Å². The van der Waals surface area contributed by atoms with Gasteiger partial charge in [0.05, 0.1) is 5.92 Å². The summed E-state index contributed by atoms with van der Waals surface area (Å²) in [6, 6.07) is 8.77. The topological polar surface area (TPSA) is 64.9 Å². The van der Waals surface area contributed by atoms with Gasteiger partial charge >= 0.3 is 0 Å². The molecule has 3 unspecified atom stereocenters. The van der Waals surface area contributed by atoms with Crippen LogP contribution >= 0.6 is 0 Å². The first-order chi connectivity index (χ1) is 9.31. The van der Waals surface area contributed by atoms with E-state index in [1.54, 1.807) is 0 Å². The molecule has 4 heteroatoms. The normalized spacial score (nSPS) is 29.0. The van der Waals surface area contributed by atoms with Crippen molar-refractivity contribution in [2.75, 3.05) is 0 Å². The minimum absolute atomic E-state index is 0.296. The third-order valence-corrected chi connectivity index (χ3v) is 4.45. The van der Waals surface area contributed by atoms with Crippen LogP contribution in [0, 0.1) is 0 Å². The number of aromatic nitrogens is 2. The largest absolute Gasteiger partial charge is 0.339 e. The van der Waals surface area contributed by atoms with Gasteiger partial charge in [0.2, 0.25) is 5.89 Å². The molecule has 2 N–H and O–H groups in total. The minimum atomic E-state index is 0.296. The summed E-state index contributed by atoms with van der Waals surface area (Å²) in [6.45, 7) is 0. The summed E-state index contributed by atoms with van der Waals surface area (Å²) >= 11 is 0. The van der Waals surface area contributed by atoms with Gasteiger partial charge < -0.3 is 10.3 Å². The van der Waals surface area contributed by atoms with Crippen LogP contribution in [0.1, 0.15) is 53.9 Å². The van der Waals surface area contributed by atoms with E-state index in [-0.39, 0.29) is 0 Å². The fraction of sp³-hybridized carbons (Fsp3) is 0.467. The molecule has 1 saturated carbocycles. The maximum absolute atomic E-state index is 5.94. The molecule has 2 aromatic rings. The van der Waals surface area contributed by atoms with Crippen LogP contribution in [-0.4, -0.2) is 16.2 Å². The zero-order valence-electron chi connectivity index (χ0n) is 10.7. The Labute approximate surface area is 112 Å². The number of rotatable bonds is 2. The summed E-state index contributed by atoms with van der Waals surface area (Å²) in [6.07, 6.45) is 4.14. The molecule has 98 valence electrons. The summed E-state index contributed by atoms with van der Waals surface area (Å²) in [5.74, 6) is 2.32. The van der Waals surface area contributed by atoms with Crippen LogP contribution in [0.3, 0.4) is 0 Å². The van der Waals surface area contributed by atoms with Crippen LogP contribution in [-0.2, 0) is 6.42 Å². The Bertz CT molecular complexity index is 607. The lowest BCUT2D eigenvalue weighted by molar-refractivity contribution is 0.347. The van der Waals surface area contributed by atoms with Crippen molar-refractivity contribution in [2.45, 2.75) is 43.6 Å². The van der Waals surface area contributed by atoms with Gasteiger partial charge in [-0.15, -0.1) is 0 Å². The molecule has 2 aliphatic rings. The van der Waals surface area contributed by atoms with Crippen molar-refractivity contribution in [1.29, 1.82) is 0 Å². The van der Waals surface area contributed by atoms with Gasteiger partial charge in [-0.05, 0) is 36.8 Å². The lowest BCUT2D eigenvalue weighted by Crippen LogP contribution is -2.19. The molecule has 0 aliphatic heterocycles. The quantitative estimate of drug-likeness (QED) is 0.894. The predicted octanol–water partition coefficient (Wildman–Crippen LogP) is 2.35. The number of fused-ring (bicyclic) bond motifs is 1. The second kappa shape index (κ2) is 4.17. The van der Waals surface area contributed by atoms with Crippen molar-refractivity contribution in [3.8, 4) is 0 Å². The Kier molecular flexibility index (Phi) is 2.45. The molecule has 4 rings (SSSR count). The molecule has 4 nitrogen and oxygen atoms in total. The van der Waals surface area contributed by atoms with E-state index in [2.05, 4.69) is 34.4 Å². The van der Waals surface area contributed by atoms with E-state index in [0.717, 1.165) is 37.4 Å². The third kappa shape index (κ3) is 1.78. The van der Waals surface area contributed by atoms with Crippen LogP contribution in [0.15, 0.2) is 28.8 Å². The number of benzene rings is 1. The maximum Gasteiger partial charge on any atom is 0.229 e. The molecule has 1 heterocycles. The minimum Gasteiger partial charge on any atom is -0.339 e. The Morgan fingerprint density at radius 1 is 1.21 bits per heavy atom. The average molecular weight is 255 g/mol. The molecule has 0 spiro atoms. The van der Waals surface area contributed by atoms with Crippen LogP contribution in [0.5, 0.6) is 0 Å². The highest BCUT2D eigenvalue weighted by molar-refractivity contribution is 5.43. The summed E-state index contributed by atoms with van der Waals surface area (Å²) in [7, 11) is 0. The number of nitrogens with zero attached hydrogens (tertiary/aromatic N) is 2. The summed E-state index contributed by atoms with van der Waals surface area (Å²) in [4.78, 5) is 4.61. The molecule has 0 amide bonds. The van der Waals surface area contributed by atoms with E-state index >= 15 is 0 Å². The zero-order chi connectivity index (χ0) is 12.8. The number of hydrogen-bond acceptors (Lipinski definition) is 4. The van der Waals surface area contributed by atoms with Gasteiger partial charge in [-0.1, -0.05) is 29.4 Å². The molecule has 0 bridgehead atoms. The van der Waals surface area contributed by atoms with E-state index in [4.69, 9.17) is 10.3 Å². The maximum atomic E-state index is 5.94. The van der Waals surface area contributed by atoms with Crippen molar-refractivity contribution in [3.05, 3.63) is 47.1 Å². The SMILES string of the molecule is NC1CCC(c2nc(C3Cc4ccccc43)no2)C1. The molecular weight excluding hydrogens is 238 g/mol. The Balaban J connectivity index is 1.57. The van der Waals surface area contributed by atoms with Gasteiger partial charge in [-0.3, -0.25) is 0 Å². The number of nitrogens with two attached hydrogens (primary N) is 1.